The van der Waals surface area contributed by atoms with Gasteiger partial charge in [0.15, 0.2) is 12.0 Å². The molecule has 0 unspecified atom stereocenters. The highest BCUT2D eigenvalue weighted by Crippen LogP contribution is 2.22. The monoisotopic (exact) mass is 308 g/mol. The van der Waals surface area contributed by atoms with Crippen LogP contribution in [0.5, 0.6) is 0 Å². The molecule has 110 valence electrons. The Kier molecular flexibility index (Phi) is 4.23. The van der Waals surface area contributed by atoms with Crippen LogP contribution in [-0.2, 0) is 14.6 Å². The molecule has 0 atom stereocenters. The number of rotatable bonds is 5. The molecule has 0 aliphatic heterocycles. The average Bonchev–Trinajstić information content (AvgIpc) is 2.97. The number of furan rings is 1. The Morgan fingerprint density at radius 1 is 1.19 bits per heavy atom. The van der Waals surface area contributed by atoms with Crippen molar-refractivity contribution >= 4 is 22.1 Å². The Hall–Kier alpha value is -2.41. The Balaban J connectivity index is 2.33. The van der Waals surface area contributed by atoms with Gasteiger partial charge in [0.1, 0.15) is 0 Å². The van der Waals surface area contributed by atoms with Crippen molar-refractivity contribution < 1.29 is 27.2 Å². The second-order valence-electron chi connectivity index (χ2n) is 4.02. The molecular weight excluding hydrogens is 296 g/mol. The zero-order chi connectivity index (χ0) is 15.5. The molecule has 0 radical (unpaired) electrons. The second kappa shape index (κ2) is 5.92. The van der Waals surface area contributed by atoms with Gasteiger partial charge in [-0.15, -0.1) is 0 Å². The number of aldehydes is 1. The van der Waals surface area contributed by atoms with Crippen LogP contribution in [0.2, 0.25) is 0 Å². The summed E-state index contributed by atoms with van der Waals surface area (Å²) in [6.45, 7) is 1.91. The van der Waals surface area contributed by atoms with Crippen molar-refractivity contribution in [2.75, 3.05) is 6.61 Å². The predicted molar refractivity (Wildman–Crippen MR) is 71.9 cm³/mol. The predicted octanol–water partition coefficient (Wildman–Crippen LogP) is 2.10. The molecule has 0 aliphatic rings. The first-order valence-electron chi connectivity index (χ1n) is 6.06. The third-order valence-corrected chi connectivity index (χ3v) is 4.30. The molecule has 21 heavy (non-hydrogen) atoms. The second-order valence-corrected chi connectivity index (χ2v) is 5.90. The standard InChI is InChI=1S/C14H12O6S/c1-2-19-14(16)10-3-6-12(7-4-10)21(17,18)13-8-5-11(9-15)20-13/h3-9H,2H2,1H3. The van der Waals surface area contributed by atoms with Gasteiger partial charge in [-0.2, -0.15) is 0 Å². The fourth-order valence-electron chi connectivity index (χ4n) is 1.64. The van der Waals surface area contributed by atoms with E-state index in [1.165, 1.54) is 36.4 Å². The summed E-state index contributed by atoms with van der Waals surface area (Å²) in [7, 11) is -3.86. The van der Waals surface area contributed by atoms with E-state index in [-0.39, 0.29) is 27.9 Å². The van der Waals surface area contributed by atoms with Crippen LogP contribution in [0.3, 0.4) is 0 Å². The molecule has 1 aromatic heterocycles. The highest BCUT2D eigenvalue weighted by Gasteiger charge is 2.22. The van der Waals surface area contributed by atoms with Gasteiger partial charge in [-0.3, -0.25) is 4.79 Å². The summed E-state index contributed by atoms with van der Waals surface area (Å²) in [6, 6.07) is 7.75. The van der Waals surface area contributed by atoms with E-state index in [1.54, 1.807) is 6.92 Å². The molecule has 0 saturated carbocycles. The van der Waals surface area contributed by atoms with E-state index >= 15 is 0 Å². The van der Waals surface area contributed by atoms with Gasteiger partial charge < -0.3 is 9.15 Å². The van der Waals surface area contributed by atoms with E-state index in [1.807, 2.05) is 0 Å². The van der Waals surface area contributed by atoms with E-state index in [0.717, 1.165) is 0 Å². The highest BCUT2D eigenvalue weighted by atomic mass is 32.2. The maximum atomic E-state index is 12.2. The number of esters is 1. The average molecular weight is 308 g/mol. The SMILES string of the molecule is CCOC(=O)c1ccc(S(=O)(=O)c2ccc(C=O)o2)cc1. The Morgan fingerprint density at radius 3 is 2.38 bits per heavy atom. The summed E-state index contributed by atoms with van der Waals surface area (Å²) in [4.78, 5) is 22.0. The first-order valence-corrected chi connectivity index (χ1v) is 7.54. The molecule has 0 N–H and O–H groups in total. The van der Waals surface area contributed by atoms with Crippen molar-refractivity contribution in [2.45, 2.75) is 16.9 Å². The van der Waals surface area contributed by atoms with Gasteiger partial charge in [0.2, 0.25) is 14.9 Å². The van der Waals surface area contributed by atoms with Crippen molar-refractivity contribution in [3.05, 3.63) is 47.7 Å². The minimum Gasteiger partial charge on any atom is -0.462 e. The zero-order valence-electron chi connectivity index (χ0n) is 11.1. The number of carbonyl (C=O) groups excluding carboxylic acids is 2. The van der Waals surface area contributed by atoms with Crippen LogP contribution in [0, 0.1) is 0 Å². The van der Waals surface area contributed by atoms with Gasteiger partial charge in [0.25, 0.3) is 0 Å². The molecule has 2 aromatic rings. The first kappa shape index (κ1) is 15.0. The van der Waals surface area contributed by atoms with Crippen LogP contribution < -0.4 is 0 Å². The van der Waals surface area contributed by atoms with E-state index in [9.17, 15) is 18.0 Å². The van der Waals surface area contributed by atoms with Crippen molar-refractivity contribution in [3.8, 4) is 0 Å². The lowest BCUT2D eigenvalue weighted by molar-refractivity contribution is 0.0526. The topological polar surface area (TPSA) is 90.7 Å². The molecule has 2 rings (SSSR count). The summed E-state index contributed by atoms with van der Waals surface area (Å²) < 4.78 is 34.2. The van der Waals surface area contributed by atoms with Crippen molar-refractivity contribution in [2.24, 2.45) is 0 Å². The van der Waals surface area contributed by atoms with Gasteiger partial charge in [-0.05, 0) is 43.3 Å². The third kappa shape index (κ3) is 3.03. The maximum Gasteiger partial charge on any atom is 0.338 e. The number of benzene rings is 1. The summed E-state index contributed by atoms with van der Waals surface area (Å²) in [6.07, 6.45) is 0.420. The molecule has 0 amide bonds. The fraction of sp³-hybridized carbons (Fsp3) is 0.143. The molecule has 1 aromatic carbocycles. The highest BCUT2D eigenvalue weighted by molar-refractivity contribution is 7.91. The molecule has 0 fully saturated rings. The van der Waals surface area contributed by atoms with Crippen LogP contribution >= 0.6 is 0 Å². The summed E-state index contributed by atoms with van der Waals surface area (Å²) >= 11 is 0. The zero-order valence-corrected chi connectivity index (χ0v) is 11.9. The number of hydrogen-bond acceptors (Lipinski definition) is 6. The van der Waals surface area contributed by atoms with Gasteiger partial charge >= 0.3 is 5.97 Å². The normalized spacial score (nSPS) is 11.1. The largest absolute Gasteiger partial charge is 0.462 e. The van der Waals surface area contributed by atoms with Crippen LogP contribution in [0.25, 0.3) is 0 Å². The summed E-state index contributed by atoms with van der Waals surface area (Å²) in [5.74, 6) is -0.598. The fourth-order valence-corrected chi connectivity index (χ4v) is 2.82. The van der Waals surface area contributed by atoms with E-state index in [2.05, 4.69) is 0 Å². The van der Waals surface area contributed by atoms with Crippen LogP contribution in [0.15, 0.2) is 50.8 Å². The molecule has 0 spiro atoms. The number of ether oxygens (including phenoxy) is 1. The minimum absolute atomic E-state index is 0.0395. The Bertz CT molecular complexity index is 755. The van der Waals surface area contributed by atoms with Crippen LogP contribution in [-0.4, -0.2) is 27.3 Å². The molecule has 0 bridgehead atoms. The molecule has 6 nitrogen and oxygen atoms in total. The van der Waals surface area contributed by atoms with Crippen molar-refractivity contribution in [1.29, 1.82) is 0 Å². The Morgan fingerprint density at radius 2 is 1.86 bits per heavy atom. The first-order chi connectivity index (χ1) is 9.98. The van der Waals surface area contributed by atoms with Crippen molar-refractivity contribution in [1.82, 2.24) is 0 Å². The quantitative estimate of drug-likeness (QED) is 0.620. The van der Waals surface area contributed by atoms with Crippen LogP contribution in [0.1, 0.15) is 27.8 Å². The van der Waals surface area contributed by atoms with Gasteiger partial charge in [-0.1, -0.05) is 0 Å². The number of sulfone groups is 1. The minimum atomic E-state index is -3.86. The Labute approximate surface area is 121 Å². The summed E-state index contributed by atoms with van der Waals surface area (Å²) in [5, 5.41) is -0.325. The smallest absolute Gasteiger partial charge is 0.338 e. The maximum absolute atomic E-state index is 12.2. The molecule has 0 saturated heterocycles. The van der Waals surface area contributed by atoms with E-state index < -0.39 is 15.8 Å². The lowest BCUT2D eigenvalue weighted by Gasteiger charge is -2.04. The van der Waals surface area contributed by atoms with Gasteiger partial charge in [-0.25, -0.2) is 13.2 Å². The van der Waals surface area contributed by atoms with Crippen molar-refractivity contribution in [3.63, 3.8) is 0 Å². The number of carbonyl (C=O) groups is 2. The van der Waals surface area contributed by atoms with E-state index in [4.69, 9.17) is 9.15 Å². The molecule has 0 aliphatic carbocycles. The van der Waals surface area contributed by atoms with E-state index in [0.29, 0.717) is 6.29 Å². The summed E-state index contributed by atoms with van der Waals surface area (Å²) in [5.41, 5.74) is 0.254. The third-order valence-electron chi connectivity index (χ3n) is 2.66. The lowest BCUT2D eigenvalue weighted by Crippen LogP contribution is -2.06. The lowest BCUT2D eigenvalue weighted by atomic mass is 10.2. The number of hydrogen-bond donors (Lipinski definition) is 0. The molecule has 1 heterocycles. The molecule has 7 heteroatoms. The van der Waals surface area contributed by atoms with Gasteiger partial charge in [0, 0.05) is 0 Å². The van der Waals surface area contributed by atoms with Crippen LogP contribution in [0.4, 0.5) is 0 Å². The molecular formula is C14H12O6S. The van der Waals surface area contributed by atoms with Gasteiger partial charge in [0.05, 0.1) is 17.1 Å².